The quantitative estimate of drug-likeness (QED) is 0.173. The number of ether oxygens (including phenoxy) is 2. The number of hydrogen-bond donors (Lipinski definition) is 4. The number of amides is 4. The van der Waals surface area contributed by atoms with Gasteiger partial charge in [-0.15, -0.1) is 0 Å². The van der Waals surface area contributed by atoms with Crippen LogP contribution in [0.1, 0.15) is 86.1 Å². The predicted molar refractivity (Wildman–Crippen MR) is 203 cm³/mol. The Morgan fingerprint density at radius 3 is 2.02 bits per heavy atom. The molecule has 0 saturated carbocycles. The Labute approximate surface area is 319 Å². The third kappa shape index (κ3) is 8.99. The van der Waals surface area contributed by atoms with Gasteiger partial charge in [0.15, 0.2) is 0 Å². The molecule has 6 rings (SSSR count). The van der Waals surface area contributed by atoms with Gasteiger partial charge < -0.3 is 39.9 Å². The van der Waals surface area contributed by atoms with Gasteiger partial charge in [0.05, 0.1) is 44.4 Å². The second-order valence-corrected chi connectivity index (χ2v) is 13.7. The maximum Gasteiger partial charge on any atom is 0.407 e. The number of aromatic amines is 2. The normalized spacial score (nSPS) is 17.3. The van der Waals surface area contributed by atoms with Gasteiger partial charge in [-0.1, -0.05) is 62.2 Å². The summed E-state index contributed by atoms with van der Waals surface area (Å²) in [7, 11) is 2.54. The van der Waals surface area contributed by atoms with E-state index in [-0.39, 0.29) is 29.8 Å². The average molecular weight is 745 g/mol. The lowest BCUT2D eigenvalue weighted by molar-refractivity contribution is -0.135. The number of aromatic nitrogens is 4. The fourth-order valence-corrected chi connectivity index (χ4v) is 6.94. The van der Waals surface area contributed by atoms with Crippen LogP contribution in [0.5, 0.6) is 0 Å². The number of imidazole rings is 2. The largest absolute Gasteiger partial charge is 0.453 e. The molecule has 0 spiro atoms. The van der Waals surface area contributed by atoms with Crippen LogP contribution in [0.25, 0.3) is 11.3 Å². The van der Waals surface area contributed by atoms with Crippen molar-refractivity contribution in [3.8, 4) is 34.9 Å². The molecule has 4 amide bonds. The number of rotatable bonds is 9. The molecule has 2 saturated heterocycles. The van der Waals surface area contributed by atoms with Crippen molar-refractivity contribution in [2.24, 2.45) is 5.92 Å². The van der Waals surface area contributed by atoms with Crippen molar-refractivity contribution in [3.63, 3.8) is 0 Å². The van der Waals surface area contributed by atoms with Gasteiger partial charge in [0.25, 0.3) is 5.91 Å². The van der Waals surface area contributed by atoms with Crippen molar-refractivity contribution in [2.75, 3.05) is 27.3 Å². The lowest BCUT2D eigenvalue weighted by atomic mass is 10.0. The van der Waals surface area contributed by atoms with E-state index < -0.39 is 24.3 Å². The first-order valence-corrected chi connectivity index (χ1v) is 18.2. The maximum atomic E-state index is 13.7. The van der Waals surface area contributed by atoms with E-state index in [1.165, 1.54) is 14.2 Å². The molecular weight excluding hydrogens is 701 g/mol. The minimum Gasteiger partial charge on any atom is -0.453 e. The van der Waals surface area contributed by atoms with Gasteiger partial charge >= 0.3 is 12.2 Å². The van der Waals surface area contributed by atoms with Crippen LogP contribution in [-0.2, 0) is 19.1 Å². The van der Waals surface area contributed by atoms with Crippen LogP contribution in [0, 0.1) is 29.6 Å². The summed E-state index contributed by atoms with van der Waals surface area (Å²) in [6, 6.07) is 14.7. The summed E-state index contributed by atoms with van der Waals surface area (Å²) >= 11 is 0. The number of nitrogens with zero attached hydrogens (tertiary/aromatic N) is 4. The highest BCUT2D eigenvalue weighted by molar-refractivity contribution is 5.88. The van der Waals surface area contributed by atoms with Crippen LogP contribution < -0.4 is 10.6 Å². The van der Waals surface area contributed by atoms with Crippen molar-refractivity contribution >= 4 is 24.0 Å². The van der Waals surface area contributed by atoms with Crippen LogP contribution in [-0.4, -0.2) is 87.1 Å². The molecule has 14 nitrogen and oxygen atoms in total. The third-order valence-electron chi connectivity index (χ3n) is 9.78. The van der Waals surface area contributed by atoms with Gasteiger partial charge in [-0.25, -0.2) is 19.6 Å². The molecule has 2 aromatic heterocycles. The summed E-state index contributed by atoms with van der Waals surface area (Å²) in [6.45, 7) is 4.88. The lowest BCUT2D eigenvalue weighted by Crippen LogP contribution is -2.51. The predicted octanol–water partition coefficient (Wildman–Crippen LogP) is 5.01. The molecule has 4 N–H and O–H groups in total. The van der Waals surface area contributed by atoms with Gasteiger partial charge in [0.2, 0.25) is 5.91 Å². The molecular formula is C41H44N8O6. The van der Waals surface area contributed by atoms with Crippen molar-refractivity contribution in [1.29, 1.82) is 0 Å². The first-order chi connectivity index (χ1) is 26.7. The Bertz CT molecular complexity index is 2120. The molecule has 0 bridgehead atoms. The highest BCUT2D eigenvalue weighted by atomic mass is 16.5. The van der Waals surface area contributed by atoms with E-state index >= 15 is 0 Å². The van der Waals surface area contributed by atoms with E-state index in [0.29, 0.717) is 36.0 Å². The summed E-state index contributed by atoms with van der Waals surface area (Å²) in [6.07, 6.45) is 5.17. The number of alkyl carbamates (subject to hydrolysis) is 2. The fraction of sp³-hybridized carbons (Fsp3) is 0.366. The van der Waals surface area contributed by atoms with Gasteiger partial charge in [-0.05, 0) is 72.6 Å². The number of benzene rings is 2. The molecule has 0 radical (unpaired) electrons. The van der Waals surface area contributed by atoms with Gasteiger partial charge in [-0.2, -0.15) is 0 Å². The van der Waals surface area contributed by atoms with E-state index in [4.69, 9.17) is 9.47 Å². The topological polar surface area (TPSA) is 175 Å². The Morgan fingerprint density at radius 1 is 0.764 bits per heavy atom. The molecule has 2 aliphatic heterocycles. The standard InChI is InChI=1S/C41H44N8O6/c1-26(2)34(46-40(52)54-3)38(50)48-22-11-17-33(48)37-43-25-31(45-37)28-20-18-27(19-21-28)12-8-9-15-30-24-42-36(44-30)32-16-10-23-49(32)39(51)35(47-41(53)55-4)29-13-6-5-7-14-29/h5-7,13-14,18-21,24-26,32-35H,10-11,16-17,22-23H2,1-4H3,(H,42,44)(H,43,45)(H,46,52)(H,47,53)/t32-,33+,34+,35+/m1/s1. The van der Waals surface area contributed by atoms with Crippen molar-refractivity contribution < 1.29 is 28.7 Å². The zero-order valence-electron chi connectivity index (χ0n) is 31.2. The second-order valence-electron chi connectivity index (χ2n) is 13.7. The minimum atomic E-state index is -0.897. The Morgan fingerprint density at radius 2 is 1.36 bits per heavy atom. The van der Waals surface area contributed by atoms with Crippen molar-refractivity contribution in [2.45, 2.75) is 63.7 Å². The van der Waals surface area contributed by atoms with Crippen LogP contribution >= 0.6 is 0 Å². The number of nitrogens with one attached hydrogen (secondary N) is 4. The molecule has 0 unspecified atom stereocenters. The molecule has 0 aliphatic carbocycles. The zero-order chi connectivity index (χ0) is 38.9. The summed E-state index contributed by atoms with van der Waals surface area (Å²) < 4.78 is 9.52. The monoisotopic (exact) mass is 744 g/mol. The minimum absolute atomic E-state index is 0.114. The summed E-state index contributed by atoms with van der Waals surface area (Å²) in [5.41, 5.74) is 3.74. The summed E-state index contributed by atoms with van der Waals surface area (Å²) in [5, 5.41) is 5.35. The molecule has 2 aromatic carbocycles. The maximum absolute atomic E-state index is 13.7. The van der Waals surface area contributed by atoms with Crippen LogP contribution in [0.15, 0.2) is 67.0 Å². The summed E-state index contributed by atoms with van der Waals surface area (Å²) in [4.78, 5) is 70.5. The lowest BCUT2D eigenvalue weighted by Gasteiger charge is -2.30. The van der Waals surface area contributed by atoms with Gasteiger partial charge in [-0.3, -0.25) is 9.59 Å². The molecule has 55 heavy (non-hydrogen) atoms. The highest BCUT2D eigenvalue weighted by Gasteiger charge is 2.38. The Kier molecular flexibility index (Phi) is 12.2. The van der Waals surface area contributed by atoms with Gasteiger partial charge in [0.1, 0.15) is 29.4 Å². The van der Waals surface area contributed by atoms with Crippen LogP contribution in [0.4, 0.5) is 9.59 Å². The van der Waals surface area contributed by atoms with E-state index in [2.05, 4.69) is 54.3 Å². The number of hydrogen-bond acceptors (Lipinski definition) is 8. The van der Waals surface area contributed by atoms with E-state index in [1.807, 2.05) is 56.3 Å². The number of methoxy groups -OCH3 is 2. The second kappa shape index (κ2) is 17.5. The molecule has 14 heteroatoms. The first kappa shape index (κ1) is 38.2. The average Bonchev–Trinajstić information content (AvgIpc) is 4.04. The first-order valence-electron chi connectivity index (χ1n) is 18.2. The molecule has 2 fully saturated rings. The number of H-pyrrole nitrogens is 2. The fourth-order valence-electron chi connectivity index (χ4n) is 6.94. The van der Waals surface area contributed by atoms with Crippen LogP contribution in [0.2, 0.25) is 0 Å². The smallest absolute Gasteiger partial charge is 0.407 e. The number of carbonyl (C=O) groups is 4. The summed E-state index contributed by atoms with van der Waals surface area (Å²) in [5.74, 6) is 12.6. The zero-order valence-corrected chi connectivity index (χ0v) is 31.2. The SMILES string of the molecule is COC(=O)N[C@H](C(=O)N1CCC[C@@H]1c1ncc(C#CC#Cc2ccc(-c3cnc([C@@H]4CCCN4C(=O)[C@@H](NC(=O)OC)C(C)C)[nH]3)cc2)[nH]1)c1ccccc1. The van der Waals surface area contributed by atoms with Crippen molar-refractivity contribution in [1.82, 2.24) is 40.4 Å². The highest BCUT2D eigenvalue weighted by Crippen LogP contribution is 2.34. The van der Waals surface area contributed by atoms with E-state index in [0.717, 1.165) is 42.5 Å². The molecule has 2 aliphatic rings. The Balaban J connectivity index is 1.08. The van der Waals surface area contributed by atoms with E-state index in [1.54, 1.807) is 34.3 Å². The Hall–Kier alpha value is -6.54. The van der Waals surface area contributed by atoms with E-state index in [9.17, 15) is 19.2 Å². The van der Waals surface area contributed by atoms with Crippen molar-refractivity contribution in [3.05, 3.63) is 95.5 Å². The number of likely N-dealkylation sites (tertiary alicyclic amines) is 2. The van der Waals surface area contributed by atoms with Crippen LogP contribution in [0.3, 0.4) is 0 Å². The molecule has 4 aromatic rings. The molecule has 284 valence electrons. The molecule has 4 atom stereocenters. The number of carbonyl (C=O) groups excluding carboxylic acids is 4. The van der Waals surface area contributed by atoms with Gasteiger partial charge in [0, 0.05) is 18.7 Å². The molecule has 4 heterocycles. The third-order valence-corrected chi connectivity index (χ3v) is 9.78.